The molecule has 0 bridgehead atoms. The third-order valence-corrected chi connectivity index (χ3v) is 3.90. The molecule has 0 fully saturated rings. The summed E-state index contributed by atoms with van der Waals surface area (Å²) in [7, 11) is 1.72. The van der Waals surface area contributed by atoms with Gasteiger partial charge in [0, 0.05) is 31.0 Å². The van der Waals surface area contributed by atoms with Gasteiger partial charge in [0.1, 0.15) is 5.69 Å². The van der Waals surface area contributed by atoms with Crippen LogP contribution in [0.3, 0.4) is 0 Å². The van der Waals surface area contributed by atoms with E-state index in [1.807, 2.05) is 54.6 Å². The molecule has 0 saturated carbocycles. The highest BCUT2D eigenvalue weighted by molar-refractivity contribution is 6.04. The number of anilines is 4. The Kier molecular flexibility index (Phi) is 5.47. The Hall–Kier alpha value is -3.67. The number of carbonyl (C=O) groups is 2. The van der Waals surface area contributed by atoms with E-state index in [0.29, 0.717) is 11.4 Å². The number of hydrogen-bond donors (Lipinski definition) is 2. The van der Waals surface area contributed by atoms with Gasteiger partial charge in [-0.15, -0.1) is 0 Å². The van der Waals surface area contributed by atoms with Crippen LogP contribution in [0, 0.1) is 0 Å². The predicted octanol–water partition coefficient (Wildman–Crippen LogP) is 4.06. The molecule has 1 heterocycles. The second-order valence-corrected chi connectivity index (χ2v) is 6.02. The van der Waals surface area contributed by atoms with Gasteiger partial charge in [0.25, 0.3) is 5.91 Å². The molecule has 3 aromatic rings. The van der Waals surface area contributed by atoms with Gasteiger partial charge in [-0.1, -0.05) is 24.3 Å². The maximum atomic E-state index is 12.6. The highest BCUT2D eigenvalue weighted by atomic mass is 16.2. The van der Waals surface area contributed by atoms with Crippen molar-refractivity contribution in [2.75, 3.05) is 22.6 Å². The van der Waals surface area contributed by atoms with Crippen molar-refractivity contribution in [1.29, 1.82) is 0 Å². The van der Waals surface area contributed by atoms with Crippen molar-refractivity contribution >= 4 is 34.6 Å². The minimum Gasteiger partial charge on any atom is -0.354 e. The summed E-state index contributed by atoms with van der Waals surface area (Å²) in [6, 6.07) is 20.2. The number of para-hydroxylation sites is 1. The molecule has 6 nitrogen and oxygen atoms in total. The summed E-state index contributed by atoms with van der Waals surface area (Å²) in [6.45, 7) is 1.46. The Morgan fingerprint density at radius 1 is 0.889 bits per heavy atom. The molecule has 0 radical (unpaired) electrons. The number of rotatable bonds is 5. The van der Waals surface area contributed by atoms with Gasteiger partial charge in [0.15, 0.2) is 0 Å². The largest absolute Gasteiger partial charge is 0.354 e. The first-order valence-electron chi connectivity index (χ1n) is 8.47. The summed E-state index contributed by atoms with van der Waals surface area (Å²) in [5.41, 5.74) is 3.43. The molecule has 2 amide bonds. The summed E-state index contributed by atoms with van der Waals surface area (Å²) in [5, 5.41) is 5.94. The third kappa shape index (κ3) is 4.70. The number of nitrogens with one attached hydrogen (secondary N) is 2. The molecule has 0 aliphatic carbocycles. The Balaban J connectivity index is 1.70. The quantitative estimate of drug-likeness (QED) is 0.719. The van der Waals surface area contributed by atoms with E-state index in [-0.39, 0.29) is 11.8 Å². The molecule has 0 unspecified atom stereocenters. The summed E-state index contributed by atoms with van der Waals surface area (Å²) in [4.78, 5) is 29.6. The molecular formula is C21H20N4O2. The van der Waals surface area contributed by atoms with Gasteiger partial charge in [-0.25, -0.2) is 4.98 Å². The van der Waals surface area contributed by atoms with Gasteiger partial charge >= 0.3 is 0 Å². The van der Waals surface area contributed by atoms with Crippen molar-refractivity contribution < 1.29 is 9.59 Å². The maximum absolute atomic E-state index is 12.6. The predicted molar refractivity (Wildman–Crippen MR) is 107 cm³/mol. The summed E-state index contributed by atoms with van der Waals surface area (Å²) >= 11 is 0. The van der Waals surface area contributed by atoms with Crippen LogP contribution in [-0.2, 0) is 4.79 Å². The van der Waals surface area contributed by atoms with E-state index in [0.717, 1.165) is 17.1 Å². The van der Waals surface area contributed by atoms with Crippen molar-refractivity contribution in [3.63, 3.8) is 0 Å². The van der Waals surface area contributed by atoms with Crippen LogP contribution in [-0.4, -0.2) is 23.8 Å². The number of amides is 2. The number of hydrogen-bond acceptors (Lipinski definition) is 4. The molecule has 2 N–H and O–H groups in total. The Morgan fingerprint density at radius 2 is 1.63 bits per heavy atom. The Bertz CT molecular complexity index is 940. The lowest BCUT2D eigenvalue weighted by molar-refractivity contribution is -0.114. The number of pyridine rings is 1. The molecular weight excluding hydrogens is 340 g/mol. The van der Waals surface area contributed by atoms with Crippen molar-refractivity contribution in [2.24, 2.45) is 0 Å². The van der Waals surface area contributed by atoms with Gasteiger partial charge in [-0.2, -0.15) is 0 Å². The average molecular weight is 360 g/mol. The molecule has 6 heteroatoms. The van der Waals surface area contributed by atoms with Crippen LogP contribution >= 0.6 is 0 Å². The van der Waals surface area contributed by atoms with E-state index in [9.17, 15) is 9.59 Å². The molecule has 0 atom stereocenters. The summed E-state index contributed by atoms with van der Waals surface area (Å²) in [5.74, 6) is -0.306. The standard InChI is InChI=1S/C21H20N4O2/c1-15(26)23-16-7-6-8-17(13-16)24-18-11-12-20(22-14-18)21(27)25(2)19-9-4-3-5-10-19/h3-14,24H,1-2H3,(H,23,26). The molecule has 27 heavy (non-hydrogen) atoms. The molecule has 1 aromatic heterocycles. The van der Waals surface area contributed by atoms with Crippen molar-refractivity contribution in [3.05, 3.63) is 78.6 Å². The average Bonchev–Trinajstić information content (AvgIpc) is 2.68. The van der Waals surface area contributed by atoms with Crippen molar-refractivity contribution in [2.45, 2.75) is 6.92 Å². The first-order chi connectivity index (χ1) is 13.0. The zero-order valence-electron chi connectivity index (χ0n) is 15.1. The van der Waals surface area contributed by atoms with Crippen LogP contribution in [0.1, 0.15) is 17.4 Å². The Labute approximate surface area is 157 Å². The van der Waals surface area contributed by atoms with Gasteiger partial charge in [-0.05, 0) is 42.5 Å². The second kappa shape index (κ2) is 8.14. The molecule has 0 aliphatic rings. The van der Waals surface area contributed by atoms with Crippen LogP contribution in [0.4, 0.5) is 22.7 Å². The van der Waals surface area contributed by atoms with Crippen LogP contribution in [0.25, 0.3) is 0 Å². The molecule has 0 spiro atoms. The lowest BCUT2D eigenvalue weighted by atomic mass is 10.2. The third-order valence-electron chi connectivity index (χ3n) is 3.90. The number of benzene rings is 2. The molecule has 3 rings (SSSR count). The fourth-order valence-electron chi connectivity index (χ4n) is 2.58. The van der Waals surface area contributed by atoms with E-state index < -0.39 is 0 Å². The lowest BCUT2D eigenvalue weighted by Crippen LogP contribution is -2.26. The zero-order valence-corrected chi connectivity index (χ0v) is 15.1. The molecule has 136 valence electrons. The fourth-order valence-corrected chi connectivity index (χ4v) is 2.58. The maximum Gasteiger partial charge on any atom is 0.276 e. The minimum absolute atomic E-state index is 0.126. The Morgan fingerprint density at radius 3 is 2.30 bits per heavy atom. The second-order valence-electron chi connectivity index (χ2n) is 6.02. The van der Waals surface area contributed by atoms with E-state index >= 15 is 0 Å². The van der Waals surface area contributed by atoms with E-state index in [4.69, 9.17) is 0 Å². The van der Waals surface area contributed by atoms with Crippen LogP contribution in [0.2, 0.25) is 0 Å². The SMILES string of the molecule is CC(=O)Nc1cccc(Nc2ccc(C(=O)N(C)c3ccccc3)nc2)c1. The lowest BCUT2D eigenvalue weighted by Gasteiger charge is -2.17. The van der Waals surface area contributed by atoms with Gasteiger partial charge in [0.2, 0.25) is 5.91 Å². The van der Waals surface area contributed by atoms with E-state index in [2.05, 4.69) is 15.6 Å². The zero-order chi connectivity index (χ0) is 19.2. The van der Waals surface area contributed by atoms with Gasteiger partial charge in [-0.3, -0.25) is 9.59 Å². The minimum atomic E-state index is -0.180. The van der Waals surface area contributed by atoms with Gasteiger partial charge in [0.05, 0.1) is 11.9 Å². The first-order valence-corrected chi connectivity index (χ1v) is 8.47. The van der Waals surface area contributed by atoms with Crippen molar-refractivity contribution in [3.8, 4) is 0 Å². The molecule has 0 aliphatic heterocycles. The molecule has 2 aromatic carbocycles. The topological polar surface area (TPSA) is 74.3 Å². The van der Waals surface area contributed by atoms with Crippen molar-refractivity contribution in [1.82, 2.24) is 4.98 Å². The number of carbonyl (C=O) groups excluding carboxylic acids is 2. The van der Waals surface area contributed by atoms with Gasteiger partial charge < -0.3 is 15.5 Å². The fraction of sp³-hybridized carbons (Fsp3) is 0.0952. The van der Waals surface area contributed by atoms with E-state index in [1.165, 1.54) is 6.92 Å². The first kappa shape index (κ1) is 18.1. The van der Waals surface area contributed by atoms with Crippen LogP contribution in [0.5, 0.6) is 0 Å². The number of aromatic nitrogens is 1. The monoisotopic (exact) mass is 360 g/mol. The van der Waals surface area contributed by atoms with Crippen LogP contribution < -0.4 is 15.5 Å². The smallest absolute Gasteiger partial charge is 0.276 e. The van der Waals surface area contributed by atoms with E-state index in [1.54, 1.807) is 30.3 Å². The normalized spacial score (nSPS) is 10.1. The number of nitrogens with zero attached hydrogens (tertiary/aromatic N) is 2. The summed E-state index contributed by atoms with van der Waals surface area (Å²) < 4.78 is 0. The highest BCUT2D eigenvalue weighted by Gasteiger charge is 2.14. The molecule has 0 saturated heterocycles. The summed E-state index contributed by atoms with van der Waals surface area (Å²) in [6.07, 6.45) is 1.61. The van der Waals surface area contributed by atoms with Crippen LogP contribution in [0.15, 0.2) is 72.9 Å². The highest BCUT2D eigenvalue weighted by Crippen LogP contribution is 2.20.